The van der Waals surface area contributed by atoms with Crippen molar-refractivity contribution in [2.75, 3.05) is 6.54 Å². The van der Waals surface area contributed by atoms with Gasteiger partial charge in [0.1, 0.15) is 6.29 Å². The van der Waals surface area contributed by atoms with Crippen LogP contribution in [-0.2, 0) is 22.9 Å². The van der Waals surface area contributed by atoms with Crippen LogP contribution >= 0.6 is 20.3 Å². The Kier molecular flexibility index (Phi) is 10.6. The molecule has 0 bridgehead atoms. The molecular weight excluding hydrogens is 756 g/mol. The summed E-state index contributed by atoms with van der Waals surface area (Å²) in [6, 6.07) is 0. The molecule has 5 aliphatic carbocycles. The largest absolute Gasteiger partial charge is 0.614 e. The summed E-state index contributed by atoms with van der Waals surface area (Å²) in [4.78, 5) is 30.5. The lowest BCUT2D eigenvalue weighted by Gasteiger charge is -2.72. The van der Waals surface area contributed by atoms with Crippen molar-refractivity contribution in [3.8, 4) is 0 Å². The lowest BCUT2D eigenvalue weighted by atomic mass is 9.32. The summed E-state index contributed by atoms with van der Waals surface area (Å²) in [7, 11) is 0. The first-order chi connectivity index (χ1) is 23.4. The van der Waals surface area contributed by atoms with Crippen LogP contribution in [-0.4, -0.2) is 49.6 Å². The SMILES string of the molecule is CC1[C@H](O[C@H]2CCC3(C)C4CC=C5C6CC(C)(C)CC[C@]6(C(=O)[O][AlH][I])C(C)C[C@@]5(C)C4(C)CC[C@H]3[C@@]2(C)C=O)OC(CN=[N+]=[N-])[C@@H](C)[C@@H]1C. The van der Waals surface area contributed by atoms with Gasteiger partial charge in [-0.25, -0.2) is 0 Å². The van der Waals surface area contributed by atoms with Crippen LogP contribution in [0.15, 0.2) is 16.8 Å². The number of ether oxygens (including phenoxy) is 2. The number of nitrogens with zero attached hydrogens (tertiary/aromatic N) is 3. The molecule has 10 heteroatoms. The highest BCUT2D eigenvalue weighted by Gasteiger charge is 2.71. The van der Waals surface area contributed by atoms with Crippen LogP contribution in [0.4, 0.5) is 0 Å². The molecule has 0 amide bonds. The van der Waals surface area contributed by atoms with Crippen molar-refractivity contribution < 1.29 is 22.9 Å². The van der Waals surface area contributed by atoms with Crippen molar-refractivity contribution >= 4 is 44.8 Å². The van der Waals surface area contributed by atoms with E-state index in [9.17, 15) is 9.59 Å². The van der Waals surface area contributed by atoms with E-state index >= 15 is 0 Å². The topological polar surface area (TPSA) is 111 Å². The Morgan fingerprint density at radius 2 is 1.74 bits per heavy atom. The minimum absolute atomic E-state index is 0.0169. The van der Waals surface area contributed by atoms with Crippen LogP contribution in [0.1, 0.15) is 127 Å². The number of hydrogen-bond donors (Lipinski definition) is 0. The normalized spacial score (nSPS) is 50.9. The fraction of sp³-hybridized carbons (Fsp3) is 0.900. The minimum atomic E-state index is -0.878. The lowest BCUT2D eigenvalue weighted by Crippen LogP contribution is -2.67. The molecule has 1 heterocycles. The first kappa shape index (κ1) is 39.1. The van der Waals surface area contributed by atoms with E-state index in [0.29, 0.717) is 18.4 Å². The van der Waals surface area contributed by atoms with Gasteiger partial charge in [0, 0.05) is 10.8 Å². The van der Waals surface area contributed by atoms with Crippen LogP contribution in [0.3, 0.4) is 0 Å². The molecule has 0 aromatic heterocycles. The maximum absolute atomic E-state index is 14.1. The monoisotopic (exact) mass is 819 g/mol. The lowest BCUT2D eigenvalue weighted by molar-refractivity contribution is -0.292. The van der Waals surface area contributed by atoms with Gasteiger partial charge in [0.25, 0.3) is 5.97 Å². The molecule has 5 fully saturated rings. The zero-order valence-corrected chi connectivity index (χ0v) is 36.0. The third-order valence-corrected chi connectivity index (χ3v) is 18.5. The quantitative estimate of drug-likeness (QED) is 0.0371. The zero-order chi connectivity index (χ0) is 36.7. The van der Waals surface area contributed by atoms with E-state index in [2.05, 4.69) is 106 Å². The van der Waals surface area contributed by atoms with Crippen molar-refractivity contribution in [3.63, 3.8) is 0 Å². The minimum Gasteiger partial charge on any atom is -0.611 e. The molecule has 1 saturated heterocycles. The number of aldehydes is 1. The van der Waals surface area contributed by atoms with E-state index in [1.165, 1.54) is 6.29 Å². The van der Waals surface area contributed by atoms with Gasteiger partial charge in [-0.2, -0.15) is 20.3 Å². The van der Waals surface area contributed by atoms with E-state index < -0.39 is 29.4 Å². The maximum Gasteiger partial charge on any atom is 0.614 e. The van der Waals surface area contributed by atoms with Crippen molar-refractivity contribution in [1.82, 2.24) is 0 Å². The number of carbonyl (C=O) groups excluding carboxylic acids is 2. The van der Waals surface area contributed by atoms with Gasteiger partial charge in [-0.15, -0.1) is 0 Å². The third-order valence-electron chi connectivity index (χ3n) is 17.2. The molecule has 4 saturated carbocycles. The number of fused-ring (bicyclic) bond motifs is 7. The molecular formula is C40H63AlIN3O5. The Balaban J connectivity index is 1.32. The Bertz CT molecular complexity index is 1440. The van der Waals surface area contributed by atoms with Gasteiger partial charge < -0.3 is 18.1 Å². The standard InChI is InChI=1S/C40H63N3O5.Al.HI.H/c1-23-19-39(10)27(28-20-35(5,6)17-18-40(23,28)34(45)46)11-12-31-36(7)15-14-32(37(8,22-44)30(36)13-16-38(31,39)9)48-33-26(4)24(2)25(3)29(47-33)21-42-43-41;;;/h11,22-26,28-33H,12-21H2,1-10H3,(H,45,46);;1H;/q;+2;;/p-2/t23?,24-,25-,26?,28?,29?,30+,31?,32-,33-,36?,37+,38?,39+,40-;;;/m0.../s1. The molecule has 15 atom stereocenters. The number of azide groups is 1. The maximum atomic E-state index is 14.1. The molecule has 0 radical (unpaired) electrons. The molecule has 278 valence electrons. The number of allylic oxidation sites excluding steroid dienone is 2. The summed E-state index contributed by atoms with van der Waals surface area (Å²) >= 11 is 1.44. The first-order valence-corrected chi connectivity index (χ1v) is 25.3. The number of carbonyl (C=O) groups is 2. The van der Waals surface area contributed by atoms with Crippen molar-refractivity contribution in [3.05, 3.63) is 22.1 Å². The summed E-state index contributed by atoms with van der Waals surface area (Å²) in [6.45, 7) is 23.9. The molecule has 6 rings (SSSR count). The first-order valence-electron chi connectivity index (χ1n) is 19.6. The molecule has 0 aromatic carbocycles. The Hall–Kier alpha value is -0.628. The number of halogens is 1. The molecule has 6 aliphatic rings. The highest BCUT2D eigenvalue weighted by atomic mass is 127. The Morgan fingerprint density at radius 3 is 2.40 bits per heavy atom. The van der Waals surface area contributed by atoms with E-state index in [-0.39, 0.29) is 69.4 Å². The van der Waals surface area contributed by atoms with Gasteiger partial charge in [0.05, 0.1) is 29.6 Å². The highest BCUT2D eigenvalue weighted by molar-refractivity contribution is 14.1. The van der Waals surface area contributed by atoms with Crippen LogP contribution in [0.25, 0.3) is 10.4 Å². The smallest absolute Gasteiger partial charge is 0.611 e. The molecule has 0 aromatic rings. The van der Waals surface area contributed by atoms with Crippen LogP contribution in [0.2, 0.25) is 0 Å². The average Bonchev–Trinajstić information content (AvgIpc) is 3.05. The van der Waals surface area contributed by atoms with Gasteiger partial charge >= 0.3 is 12.3 Å². The second kappa shape index (κ2) is 13.6. The summed E-state index contributed by atoms with van der Waals surface area (Å²) in [5, 5.41) is 3.85. The third kappa shape index (κ3) is 5.64. The molecule has 0 N–H and O–H groups in total. The van der Waals surface area contributed by atoms with Crippen molar-refractivity contribution in [2.45, 2.75) is 146 Å². The van der Waals surface area contributed by atoms with Gasteiger partial charge in [-0.1, -0.05) is 86.0 Å². The Morgan fingerprint density at radius 1 is 1.02 bits per heavy atom. The van der Waals surface area contributed by atoms with E-state index in [0.717, 1.165) is 57.8 Å². The average molecular weight is 820 g/mol. The predicted molar refractivity (Wildman–Crippen MR) is 206 cm³/mol. The molecule has 1 aliphatic heterocycles. The van der Waals surface area contributed by atoms with Gasteiger partial charge in [-0.3, -0.25) is 4.79 Å². The number of rotatable bonds is 7. The van der Waals surface area contributed by atoms with Crippen molar-refractivity contribution in [2.24, 2.45) is 79.0 Å². The molecule has 0 spiro atoms. The van der Waals surface area contributed by atoms with Crippen molar-refractivity contribution in [1.29, 1.82) is 0 Å². The van der Waals surface area contributed by atoms with E-state index in [1.54, 1.807) is 5.57 Å². The second-order valence-electron chi connectivity index (χ2n) is 19.6. The summed E-state index contributed by atoms with van der Waals surface area (Å²) < 4.78 is 19.5. The Labute approximate surface area is 319 Å². The van der Waals surface area contributed by atoms with Gasteiger partial charge in [0.15, 0.2) is 6.29 Å². The summed E-state index contributed by atoms with van der Waals surface area (Å²) in [6.07, 6.45) is 11.9. The second-order valence-corrected chi connectivity index (χ2v) is 22.0. The fourth-order valence-corrected chi connectivity index (χ4v) is 14.8. The fourth-order valence-electron chi connectivity index (χ4n) is 13.6. The predicted octanol–water partition coefficient (Wildman–Crippen LogP) is 9.79. The van der Waals surface area contributed by atoms with Crippen LogP contribution in [0, 0.1) is 73.9 Å². The zero-order valence-electron chi connectivity index (χ0n) is 32.5. The molecule has 7 unspecified atom stereocenters. The summed E-state index contributed by atoms with van der Waals surface area (Å²) in [5.41, 5.74) is 9.71. The number of hydrogen-bond acceptors (Lipinski definition) is 6. The highest BCUT2D eigenvalue weighted by Crippen LogP contribution is 2.76. The van der Waals surface area contributed by atoms with Gasteiger partial charge in [-0.05, 0) is 120 Å². The van der Waals surface area contributed by atoms with Gasteiger partial charge in [0.2, 0.25) is 0 Å². The summed E-state index contributed by atoms with van der Waals surface area (Å²) in [5.74, 6) is 1.95. The molecule has 8 nitrogen and oxygen atoms in total. The van der Waals surface area contributed by atoms with E-state index in [4.69, 9.17) is 18.8 Å². The van der Waals surface area contributed by atoms with Crippen LogP contribution < -0.4 is 0 Å². The molecule has 50 heavy (non-hydrogen) atoms. The van der Waals surface area contributed by atoms with E-state index in [1.807, 2.05) is 0 Å². The van der Waals surface area contributed by atoms with Crippen LogP contribution in [0.5, 0.6) is 0 Å².